The summed E-state index contributed by atoms with van der Waals surface area (Å²) in [5.41, 5.74) is 8.27. The molecular weight excluding hydrogens is 380 g/mol. The van der Waals surface area contributed by atoms with E-state index in [1.54, 1.807) is 12.1 Å². The number of nitrogens with two attached hydrogens (primary N) is 1. The predicted molar refractivity (Wildman–Crippen MR) is 104 cm³/mol. The molecule has 0 aliphatic carbocycles. The average Bonchev–Trinajstić information content (AvgIpc) is 3.37. The third-order valence-electron chi connectivity index (χ3n) is 3.92. The van der Waals surface area contributed by atoms with Crippen molar-refractivity contribution in [1.82, 2.24) is 40.6 Å². The molecule has 4 rings (SSSR count). The Hall–Kier alpha value is -3.54. The Morgan fingerprint density at radius 1 is 1.36 bits per heavy atom. The Bertz CT molecular complexity index is 1110. The van der Waals surface area contributed by atoms with Crippen molar-refractivity contribution >= 4 is 40.5 Å². The van der Waals surface area contributed by atoms with E-state index in [-0.39, 0.29) is 17.1 Å². The number of aromatic nitrogens is 8. The molecule has 0 unspecified atom stereocenters. The Morgan fingerprint density at radius 3 is 3.04 bits per heavy atom. The van der Waals surface area contributed by atoms with Crippen LogP contribution in [0.1, 0.15) is 13.3 Å². The van der Waals surface area contributed by atoms with E-state index in [0.29, 0.717) is 34.1 Å². The van der Waals surface area contributed by atoms with Crippen LogP contribution in [-0.2, 0) is 4.79 Å². The molecule has 4 aromatic rings. The number of aromatic amines is 2. The van der Waals surface area contributed by atoms with Crippen LogP contribution in [0.3, 0.4) is 0 Å². The standard InChI is InChI=1S/C16H16N10OS/c1-2-10(28-15-11-13(19-7-18-11)21-16(17)22-15)14(27)20-9-5-3-4-8(6-9)12-23-25-26-24-12/h3-7,10H,2H2,1H3,(H,20,27)(H,23,24,25,26)(H3,17,18,19,21,22)/t10-/m1/s1. The van der Waals surface area contributed by atoms with Crippen LogP contribution < -0.4 is 11.1 Å². The van der Waals surface area contributed by atoms with E-state index >= 15 is 0 Å². The first-order chi connectivity index (χ1) is 13.6. The normalized spacial score (nSPS) is 12.2. The first kappa shape index (κ1) is 17.9. The fourth-order valence-electron chi connectivity index (χ4n) is 2.61. The molecule has 0 radical (unpaired) electrons. The van der Waals surface area contributed by atoms with Crippen LogP contribution in [0, 0.1) is 0 Å². The number of carbonyl (C=O) groups is 1. The second-order valence-electron chi connectivity index (χ2n) is 5.81. The molecule has 0 saturated heterocycles. The minimum atomic E-state index is -0.380. The van der Waals surface area contributed by atoms with Crippen LogP contribution in [0.5, 0.6) is 0 Å². The van der Waals surface area contributed by atoms with Crippen molar-refractivity contribution in [3.05, 3.63) is 30.6 Å². The van der Waals surface area contributed by atoms with Crippen LogP contribution in [0.2, 0.25) is 0 Å². The fraction of sp³-hybridized carbons (Fsp3) is 0.188. The van der Waals surface area contributed by atoms with E-state index in [0.717, 1.165) is 5.56 Å². The van der Waals surface area contributed by atoms with Crippen LogP contribution in [0.25, 0.3) is 22.6 Å². The number of imidazole rings is 1. The summed E-state index contributed by atoms with van der Waals surface area (Å²) in [6.07, 6.45) is 2.12. The van der Waals surface area contributed by atoms with Gasteiger partial charge in [-0.2, -0.15) is 10.2 Å². The number of rotatable bonds is 6. The molecule has 1 amide bonds. The summed E-state index contributed by atoms with van der Waals surface area (Å²) in [4.78, 5) is 28.2. The summed E-state index contributed by atoms with van der Waals surface area (Å²) in [7, 11) is 0. The lowest BCUT2D eigenvalue weighted by atomic mass is 10.2. The maximum atomic E-state index is 12.8. The zero-order valence-corrected chi connectivity index (χ0v) is 15.6. The van der Waals surface area contributed by atoms with Gasteiger partial charge in [-0.05, 0) is 23.8 Å². The number of tetrazole rings is 1. The number of anilines is 2. The number of nitrogens with zero attached hydrogens (tertiary/aromatic N) is 6. The Balaban J connectivity index is 1.53. The molecule has 28 heavy (non-hydrogen) atoms. The molecule has 0 spiro atoms. The molecular formula is C16H16N10OS. The number of fused-ring (bicyclic) bond motifs is 1. The number of amides is 1. The number of hydrogen-bond acceptors (Lipinski definition) is 9. The van der Waals surface area contributed by atoms with Crippen molar-refractivity contribution in [3.63, 3.8) is 0 Å². The highest BCUT2D eigenvalue weighted by molar-refractivity contribution is 8.00. The molecule has 12 heteroatoms. The van der Waals surface area contributed by atoms with Crippen LogP contribution in [0.15, 0.2) is 35.6 Å². The lowest BCUT2D eigenvalue weighted by Gasteiger charge is -2.15. The van der Waals surface area contributed by atoms with Gasteiger partial charge in [0.25, 0.3) is 0 Å². The van der Waals surface area contributed by atoms with E-state index in [2.05, 4.69) is 45.9 Å². The van der Waals surface area contributed by atoms with E-state index in [1.165, 1.54) is 18.1 Å². The van der Waals surface area contributed by atoms with Gasteiger partial charge in [0, 0.05) is 11.3 Å². The summed E-state index contributed by atoms with van der Waals surface area (Å²) in [6, 6.07) is 7.24. The highest BCUT2D eigenvalue weighted by Crippen LogP contribution is 2.30. The smallest absolute Gasteiger partial charge is 0.237 e. The summed E-state index contributed by atoms with van der Waals surface area (Å²) < 4.78 is 0. The van der Waals surface area contributed by atoms with Crippen molar-refractivity contribution in [2.45, 2.75) is 23.6 Å². The second kappa shape index (κ2) is 7.60. The molecule has 3 heterocycles. The Labute approximate surface area is 163 Å². The summed E-state index contributed by atoms with van der Waals surface area (Å²) >= 11 is 1.31. The van der Waals surface area contributed by atoms with Crippen LogP contribution in [-0.4, -0.2) is 51.7 Å². The first-order valence-electron chi connectivity index (χ1n) is 8.42. The summed E-state index contributed by atoms with van der Waals surface area (Å²) in [6.45, 7) is 1.93. The molecule has 1 atom stereocenters. The quantitative estimate of drug-likeness (QED) is 0.280. The molecule has 1 aromatic carbocycles. The summed E-state index contributed by atoms with van der Waals surface area (Å²) in [5.74, 6) is 0.420. The predicted octanol–water partition coefficient (Wildman–Crippen LogP) is 1.62. The van der Waals surface area contributed by atoms with Gasteiger partial charge in [0.2, 0.25) is 17.7 Å². The number of thioether (sulfide) groups is 1. The van der Waals surface area contributed by atoms with Gasteiger partial charge < -0.3 is 16.0 Å². The molecule has 0 aliphatic rings. The van der Waals surface area contributed by atoms with Crippen molar-refractivity contribution in [3.8, 4) is 11.4 Å². The van der Waals surface area contributed by atoms with E-state index in [1.807, 2.05) is 19.1 Å². The van der Waals surface area contributed by atoms with Gasteiger partial charge >= 0.3 is 0 Å². The van der Waals surface area contributed by atoms with Crippen molar-refractivity contribution in [2.24, 2.45) is 0 Å². The minimum absolute atomic E-state index is 0.116. The molecule has 0 fully saturated rings. The molecule has 5 N–H and O–H groups in total. The maximum Gasteiger partial charge on any atom is 0.237 e. The minimum Gasteiger partial charge on any atom is -0.368 e. The lowest BCUT2D eigenvalue weighted by Crippen LogP contribution is -2.24. The number of nitrogen functional groups attached to an aromatic ring is 1. The average molecular weight is 396 g/mol. The van der Waals surface area contributed by atoms with Crippen molar-refractivity contribution in [2.75, 3.05) is 11.1 Å². The van der Waals surface area contributed by atoms with Gasteiger partial charge in [-0.15, -0.1) is 10.2 Å². The van der Waals surface area contributed by atoms with Crippen molar-refractivity contribution < 1.29 is 4.79 Å². The largest absolute Gasteiger partial charge is 0.368 e. The molecule has 3 aromatic heterocycles. The van der Waals surface area contributed by atoms with Crippen LogP contribution in [0.4, 0.5) is 11.6 Å². The maximum absolute atomic E-state index is 12.8. The van der Waals surface area contributed by atoms with Gasteiger partial charge in [0.1, 0.15) is 10.5 Å². The van der Waals surface area contributed by atoms with Gasteiger partial charge in [0.05, 0.1) is 11.6 Å². The monoisotopic (exact) mass is 396 g/mol. The number of nitrogens with one attached hydrogen (secondary N) is 3. The van der Waals surface area contributed by atoms with Gasteiger partial charge in [-0.25, -0.2) is 9.97 Å². The fourth-order valence-corrected chi connectivity index (χ4v) is 3.62. The highest BCUT2D eigenvalue weighted by atomic mass is 32.2. The van der Waals surface area contributed by atoms with Crippen LogP contribution >= 0.6 is 11.8 Å². The molecule has 142 valence electrons. The SMILES string of the molecule is CC[C@@H](Sc1nc(N)nc2nc[nH]c12)C(=O)Nc1cccc(-c2nn[nH]n2)c1. The van der Waals surface area contributed by atoms with E-state index in [4.69, 9.17) is 5.73 Å². The Kier molecular flexibility index (Phi) is 4.85. The first-order valence-corrected chi connectivity index (χ1v) is 9.30. The Morgan fingerprint density at radius 2 is 2.25 bits per heavy atom. The third kappa shape index (κ3) is 3.62. The summed E-state index contributed by atoms with van der Waals surface area (Å²) in [5, 5.41) is 17.0. The molecule has 0 aliphatic heterocycles. The van der Waals surface area contributed by atoms with E-state index < -0.39 is 0 Å². The van der Waals surface area contributed by atoms with E-state index in [9.17, 15) is 4.79 Å². The number of carbonyl (C=O) groups excluding carboxylic acids is 1. The van der Waals surface area contributed by atoms with Crippen molar-refractivity contribution in [1.29, 1.82) is 0 Å². The van der Waals surface area contributed by atoms with Gasteiger partial charge in [-0.1, -0.05) is 30.8 Å². The van der Waals surface area contributed by atoms with Gasteiger partial charge in [-0.3, -0.25) is 4.79 Å². The third-order valence-corrected chi connectivity index (χ3v) is 5.27. The lowest BCUT2D eigenvalue weighted by molar-refractivity contribution is -0.115. The zero-order valence-electron chi connectivity index (χ0n) is 14.7. The highest BCUT2D eigenvalue weighted by Gasteiger charge is 2.21. The molecule has 0 saturated carbocycles. The van der Waals surface area contributed by atoms with Gasteiger partial charge in [0.15, 0.2) is 5.65 Å². The number of H-pyrrole nitrogens is 2. The molecule has 0 bridgehead atoms. The number of benzene rings is 1. The molecule has 11 nitrogen and oxygen atoms in total. The number of hydrogen-bond donors (Lipinski definition) is 4. The topological polar surface area (TPSA) is 164 Å². The second-order valence-corrected chi connectivity index (χ2v) is 7.00. The zero-order chi connectivity index (χ0) is 19.5.